The van der Waals surface area contributed by atoms with Crippen LogP contribution >= 0.6 is 0 Å². The number of piperazine rings is 1. The first-order chi connectivity index (χ1) is 15.6. The highest BCUT2D eigenvalue weighted by Gasteiger charge is 2.28. The number of ether oxygens (including phenoxy) is 1. The number of carbonyl (C=O) groups is 2. The van der Waals surface area contributed by atoms with Gasteiger partial charge in [0.05, 0.1) is 18.4 Å². The van der Waals surface area contributed by atoms with Crippen LogP contribution in [0, 0.1) is 5.82 Å². The van der Waals surface area contributed by atoms with Gasteiger partial charge in [0, 0.05) is 51.6 Å². The zero-order chi connectivity index (χ0) is 22.3. The molecule has 0 bridgehead atoms. The molecule has 0 saturated carbocycles. The Morgan fingerprint density at radius 3 is 2.47 bits per heavy atom. The highest BCUT2D eigenvalue weighted by molar-refractivity contribution is 6.35. The topological polar surface area (TPSA) is 87.0 Å². The van der Waals surface area contributed by atoms with E-state index in [0.29, 0.717) is 13.2 Å². The lowest BCUT2D eigenvalue weighted by atomic mass is 10.1. The van der Waals surface area contributed by atoms with E-state index in [-0.39, 0.29) is 24.5 Å². The Morgan fingerprint density at radius 2 is 1.81 bits per heavy atom. The zero-order valence-electron chi connectivity index (χ0n) is 18.0. The molecule has 172 valence electrons. The standard InChI is InChI=1S/C23H29FN4O4/c24-17-5-7-18(8-6-17)27-9-11-28(12-10-27)20(21-4-2-14-32-21)16-26-23(30)22(29)25-15-19-3-1-13-31-19/h2,4-8,14,19-20H,1,3,9-13,15-16H2,(H,25,29)(H,26,30)/t19-,20+/m1/s1. The van der Waals surface area contributed by atoms with Crippen LogP contribution in [0.1, 0.15) is 24.6 Å². The molecule has 0 spiro atoms. The van der Waals surface area contributed by atoms with Gasteiger partial charge in [-0.1, -0.05) is 0 Å². The van der Waals surface area contributed by atoms with E-state index in [1.54, 1.807) is 18.4 Å². The van der Waals surface area contributed by atoms with Crippen molar-refractivity contribution in [1.29, 1.82) is 0 Å². The summed E-state index contributed by atoms with van der Waals surface area (Å²) in [5.74, 6) is -0.828. The highest BCUT2D eigenvalue weighted by Crippen LogP contribution is 2.24. The van der Waals surface area contributed by atoms with Crippen molar-refractivity contribution in [2.45, 2.75) is 25.0 Å². The van der Waals surface area contributed by atoms with Crippen LogP contribution in [-0.4, -0.2) is 68.7 Å². The van der Waals surface area contributed by atoms with Crippen LogP contribution in [0.3, 0.4) is 0 Å². The van der Waals surface area contributed by atoms with Gasteiger partial charge in [-0.15, -0.1) is 0 Å². The monoisotopic (exact) mass is 444 g/mol. The van der Waals surface area contributed by atoms with E-state index >= 15 is 0 Å². The van der Waals surface area contributed by atoms with Crippen molar-refractivity contribution in [3.05, 3.63) is 54.2 Å². The van der Waals surface area contributed by atoms with E-state index in [0.717, 1.165) is 50.5 Å². The van der Waals surface area contributed by atoms with E-state index in [9.17, 15) is 14.0 Å². The van der Waals surface area contributed by atoms with Gasteiger partial charge in [-0.05, 0) is 49.2 Å². The van der Waals surface area contributed by atoms with Crippen molar-refractivity contribution in [3.63, 3.8) is 0 Å². The SMILES string of the molecule is O=C(NC[C@H]1CCCO1)C(=O)NC[C@@H](c1ccco1)N1CCN(c2ccc(F)cc2)CC1. The van der Waals surface area contributed by atoms with Crippen molar-refractivity contribution in [3.8, 4) is 0 Å². The van der Waals surface area contributed by atoms with E-state index in [4.69, 9.17) is 9.15 Å². The predicted octanol–water partition coefficient (Wildman–Crippen LogP) is 1.69. The third kappa shape index (κ3) is 5.66. The summed E-state index contributed by atoms with van der Waals surface area (Å²) < 4.78 is 24.3. The number of nitrogens with zero attached hydrogens (tertiary/aromatic N) is 2. The van der Waals surface area contributed by atoms with Crippen molar-refractivity contribution in [2.24, 2.45) is 0 Å². The van der Waals surface area contributed by atoms with Crippen molar-refractivity contribution >= 4 is 17.5 Å². The molecule has 1 aromatic heterocycles. The number of amides is 2. The highest BCUT2D eigenvalue weighted by atomic mass is 19.1. The Morgan fingerprint density at radius 1 is 1.06 bits per heavy atom. The first-order valence-electron chi connectivity index (χ1n) is 11.1. The average Bonchev–Trinajstić information content (AvgIpc) is 3.53. The molecule has 1 aromatic carbocycles. The lowest BCUT2D eigenvalue weighted by Gasteiger charge is -2.39. The van der Waals surface area contributed by atoms with Gasteiger partial charge in [-0.3, -0.25) is 14.5 Å². The third-order valence-electron chi connectivity index (χ3n) is 5.99. The number of hydrogen-bond acceptors (Lipinski definition) is 6. The summed E-state index contributed by atoms with van der Waals surface area (Å²) in [6, 6.07) is 10.00. The van der Waals surface area contributed by atoms with Crippen LogP contribution in [0.5, 0.6) is 0 Å². The smallest absolute Gasteiger partial charge is 0.309 e. The molecule has 2 aliphatic heterocycles. The molecule has 32 heavy (non-hydrogen) atoms. The van der Waals surface area contributed by atoms with E-state index in [2.05, 4.69) is 20.4 Å². The summed E-state index contributed by atoms with van der Waals surface area (Å²) in [6.45, 7) is 4.31. The van der Waals surface area contributed by atoms with E-state index in [1.165, 1.54) is 12.1 Å². The molecular formula is C23H29FN4O4. The number of furan rings is 1. The number of rotatable bonds is 7. The normalized spacial score (nSPS) is 20.2. The fourth-order valence-corrected chi connectivity index (χ4v) is 4.20. The minimum atomic E-state index is -0.662. The molecule has 2 atom stereocenters. The molecule has 4 rings (SSSR count). The van der Waals surface area contributed by atoms with Crippen molar-refractivity contribution in [2.75, 3.05) is 50.8 Å². The molecule has 2 aliphatic rings. The fraction of sp³-hybridized carbons (Fsp3) is 0.478. The van der Waals surface area contributed by atoms with Gasteiger partial charge < -0.3 is 24.7 Å². The lowest BCUT2D eigenvalue weighted by molar-refractivity contribution is -0.139. The zero-order valence-corrected chi connectivity index (χ0v) is 18.0. The second-order valence-electron chi connectivity index (χ2n) is 8.09. The summed E-state index contributed by atoms with van der Waals surface area (Å²) in [7, 11) is 0. The second-order valence-corrected chi connectivity index (χ2v) is 8.09. The lowest BCUT2D eigenvalue weighted by Crippen LogP contribution is -2.51. The van der Waals surface area contributed by atoms with Crippen LogP contribution in [-0.2, 0) is 14.3 Å². The third-order valence-corrected chi connectivity index (χ3v) is 5.99. The first-order valence-corrected chi connectivity index (χ1v) is 11.1. The fourth-order valence-electron chi connectivity index (χ4n) is 4.20. The van der Waals surface area contributed by atoms with Gasteiger partial charge in [0.25, 0.3) is 0 Å². The Bertz CT molecular complexity index is 876. The summed E-state index contributed by atoms with van der Waals surface area (Å²) in [6.07, 6.45) is 3.46. The number of anilines is 1. The maximum absolute atomic E-state index is 13.2. The Kier molecular flexibility index (Phi) is 7.39. The molecule has 2 fully saturated rings. The number of halogens is 1. The molecule has 2 aromatic rings. The van der Waals surface area contributed by atoms with Gasteiger partial charge >= 0.3 is 11.8 Å². The van der Waals surface area contributed by atoms with Crippen LogP contribution in [0.15, 0.2) is 47.1 Å². The average molecular weight is 445 g/mol. The summed E-state index contributed by atoms with van der Waals surface area (Å²) in [4.78, 5) is 28.9. The summed E-state index contributed by atoms with van der Waals surface area (Å²) in [5.41, 5.74) is 0.983. The van der Waals surface area contributed by atoms with E-state index in [1.807, 2.05) is 12.1 Å². The maximum atomic E-state index is 13.2. The molecule has 0 radical (unpaired) electrons. The minimum absolute atomic E-state index is 0.0139. The van der Waals surface area contributed by atoms with Gasteiger partial charge in [0.1, 0.15) is 11.6 Å². The van der Waals surface area contributed by atoms with Gasteiger partial charge in [0.15, 0.2) is 0 Å². The number of benzene rings is 1. The van der Waals surface area contributed by atoms with Crippen LogP contribution in [0.25, 0.3) is 0 Å². The molecule has 2 amide bonds. The molecule has 9 heteroatoms. The van der Waals surface area contributed by atoms with Crippen molar-refractivity contribution < 1.29 is 23.1 Å². The van der Waals surface area contributed by atoms with Crippen LogP contribution in [0.2, 0.25) is 0 Å². The van der Waals surface area contributed by atoms with Gasteiger partial charge in [-0.25, -0.2) is 4.39 Å². The second kappa shape index (κ2) is 10.6. The minimum Gasteiger partial charge on any atom is -0.468 e. The van der Waals surface area contributed by atoms with Crippen LogP contribution < -0.4 is 15.5 Å². The molecule has 0 aliphatic carbocycles. The van der Waals surface area contributed by atoms with E-state index < -0.39 is 11.8 Å². The summed E-state index contributed by atoms with van der Waals surface area (Å²) >= 11 is 0. The molecular weight excluding hydrogens is 415 g/mol. The molecule has 2 N–H and O–H groups in total. The predicted molar refractivity (Wildman–Crippen MR) is 117 cm³/mol. The Labute approximate surface area is 186 Å². The quantitative estimate of drug-likeness (QED) is 0.632. The first kappa shape index (κ1) is 22.3. The molecule has 0 unspecified atom stereocenters. The molecule has 2 saturated heterocycles. The Hall–Kier alpha value is -2.91. The number of hydrogen-bond donors (Lipinski definition) is 2. The van der Waals surface area contributed by atoms with Crippen LogP contribution in [0.4, 0.5) is 10.1 Å². The maximum Gasteiger partial charge on any atom is 0.309 e. The number of carbonyl (C=O) groups excluding carboxylic acids is 2. The van der Waals surface area contributed by atoms with Crippen molar-refractivity contribution in [1.82, 2.24) is 15.5 Å². The molecule has 3 heterocycles. The summed E-state index contributed by atoms with van der Waals surface area (Å²) in [5, 5.41) is 5.39. The van der Waals surface area contributed by atoms with Gasteiger partial charge in [-0.2, -0.15) is 0 Å². The van der Waals surface area contributed by atoms with Gasteiger partial charge in [0.2, 0.25) is 0 Å². The Balaban J connectivity index is 1.30. The number of nitrogens with one attached hydrogen (secondary N) is 2. The molecule has 8 nitrogen and oxygen atoms in total. The largest absolute Gasteiger partial charge is 0.468 e.